The van der Waals surface area contributed by atoms with Crippen LogP contribution in [0.3, 0.4) is 0 Å². The first-order valence-electron chi connectivity index (χ1n) is 9.26. The predicted octanol–water partition coefficient (Wildman–Crippen LogP) is 4.76. The van der Waals surface area contributed by atoms with Gasteiger partial charge < -0.3 is 9.67 Å². The molecule has 29 heavy (non-hydrogen) atoms. The van der Waals surface area contributed by atoms with Crippen LogP contribution in [0.4, 0.5) is 0 Å². The maximum atomic E-state index is 12.7. The van der Waals surface area contributed by atoms with Gasteiger partial charge in [-0.05, 0) is 75.4 Å². The molecule has 1 aromatic carbocycles. The Morgan fingerprint density at radius 1 is 1.28 bits per heavy atom. The van der Waals surface area contributed by atoms with Crippen molar-refractivity contribution in [2.75, 3.05) is 13.1 Å². The van der Waals surface area contributed by atoms with Crippen molar-refractivity contribution in [3.63, 3.8) is 0 Å². The van der Waals surface area contributed by atoms with Crippen LogP contribution in [0.5, 0.6) is 0 Å². The maximum absolute atomic E-state index is 12.7. The number of hydrogen-bond acceptors (Lipinski definition) is 4. The van der Waals surface area contributed by atoms with Gasteiger partial charge in [0.2, 0.25) is 0 Å². The number of carboxylic acid groups (broad SMARTS) is 1. The number of carbonyl (C=O) groups is 2. The molecule has 1 N–H and O–H groups in total. The second kappa shape index (κ2) is 8.47. The number of aromatic carboxylic acids is 1. The van der Waals surface area contributed by atoms with E-state index in [2.05, 4.69) is 4.99 Å². The van der Waals surface area contributed by atoms with Crippen molar-refractivity contribution in [1.82, 2.24) is 9.47 Å². The summed E-state index contributed by atoms with van der Waals surface area (Å²) in [6.45, 7) is 8.95. The molecule has 8 heteroatoms. The van der Waals surface area contributed by atoms with Crippen molar-refractivity contribution < 1.29 is 14.7 Å². The Kier molecular flexibility index (Phi) is 6.19. The summed E-state index contributed by atoms with van der Waals surface area (Å²) in [5.74, 6) is -1.12. The highest BCUT2D eigenvalue weighted by atomic mass is 35.5. The van der Waals surface area contributed by atoms with E-state index in [4.69, 9.17) is 11.6 Å². The Hall–Kier alpha value is -2.51. The molecule has 152 valence electrons. The van der Waals surface area contributed by atoms with Crippen molar-refractivity contribution >= 4 is 46.5 Å². The number of benzene rings is 1. The summed E-state index contributed by atoms with van der Waals surface area (Å²) in [5, 5.41) is 10.3. The molecule has 0 aliphatic carbocycles. The highest BCUT2D eigenvalue weighted by molar-refractivity contribution is 8.18. The summed E-state index contributed by atoms with van der Waals surface area (Å²) in [6, 6.07) is 6.91. The van der Waals surface area contributed by atoms with Crippen LogP contribution in [0.1, 0.15) is 41.2 Å². The molecular formula is C21H22ClN3O3S. The fourth-order valence-corrected chi connectivity index (χ4v) is 4.62. The van der Waals surface area contributed by atoms with Gasteiger partial charge in [0.25, 0.3) is 5.91 Å². The number of nitrogens with zero attached hydrogens (tertiary/aromatic N) is 3. The zero-order chi connectivity index (χ0) is 21.3. The monoisotopic (exact) mass is 431 g/mol. The second-order valence-electron chi connectivity index (χ2n) is 6.55. The normalized spacial score (nSPS) is 17.0. The molecular weight excluding hydrogens is 410 g/mol. The van der Waals surface area contributed by atoms with Crippen LogP contribution in [-0.2, 0) is 4.79 Å². The smallest absolute Gasteiger partial charge is 0.337 e. The quantitative estimate of drug-likeness (QED) is 0.692. The van der Waals surface area contributed by atoms with Crippen LogP contribution < -0.4 is 0 Å². The summed E-state index contributed by atoms with van der Waals surface area (Å²) in [7, 11) is 0. The van der Waals surface area contributed by atoms with E-state index in [1.807, 2.05) is 44.4 Å². The zero-order valence-electron chi connectivity index (χ0n) is 16.7. The minimum atomic E-state index is -1.07. The molecule has 3 rings (SSSR count). The molecule has 0 radical (unpaired) electrons. The predicted molar refractivity (Wildman–Crippen MR) is 118 cm³/mol. The van der Waals surface area contributed by atoms with Gasteiger partial charge in [-0.3, -0.25) is 14.7 Å². The maximum Gasteiger partial charge on any atom is 0.337 e. The first-order valence-corrected chi connectivity index (χ1v) is 10.5. The Morgan fingerprint density at radius 3 is 2.62 bits per heavy atom. The number of aryl methyl sites for hydroxylation is 1. The van der Waals surface area contributed by atoms with Gasteiger partial charge in [0.05, 0.1) is 15.5 Å². The molecule has 0 bridgehead atoms. The number of rotatable bonds is 5. The second-order valence-corrected chi connectivity index (χ2v) is 7.96. The average molecular weight is 432 g/mol. The SMILES string of the molecule is CCN=C1S/C(=C\c2cc(C)n(-c3ccc(Cl)c(C(=O)O)c3)c2C)C(=O)N1CC. The number of amidine groups is 1. The van der Waals surface area contributed by atoms with Gasteiger partial charge in [0.15, 0.2) is 5.17 Å². The third-order valence-electron chi connectivity index (χ3n) is 4.69. The van der Waals surface area contributed by atoms with Gasteiger partial charge in [-0.25, -0.2) is 4.79 Å². The largest absolute Gasteiger partial charge is 0.478 e. The van der Waals surface area contributed by atoms with E-state index in [1.54, 1.807) is 23.1 Å². The molecule has 0 spiro atoms. The van der Waals surface area contributed by atoms with Crippen molar-refractivity contribution in [3.05, 3.63) is 56.7 Å². The summed E-state index contributed by atoms with van der Waals surface area (Å²) in [4.78, 5) is 30.9. The number of aromatic nitrogens is 1. The topological polar surface area (TPSA) is 74.9 Å². The van der Waals surface area contributed by atoms with Crippen molar-refractivity contribution in [2.24, 2.45) is 4.99 Å². The van der Waals surface area contributed by atoms with Crippen LogP contribution in [0, 0.1) is 13.8 Å². The van der Waals surface area contributed by atoms with Gasteiger partial charge in [-0.1, -0.05) is 11.6 Å². The Balaban J connectivity index is 2.04. The summed E-state index contributed by atoms with van der Waals surface area (Å²) >= 11 is 7.39. The highest BCUT2D eigenvalue weighted by Gasteiger charge is 2.32. The standard InChI is InChI=1S/C21H22ClN3O3S/c1-5-23-21-24(6-2)19(26)18(29-21)10-14-9-12(3)25(13(14)4)15-7-8-17(22)16(11-15)20(27)28/h7-11H,5-6H2,1-4H3,(H,27,28)/b18-10-,23-21?. The lowest BCUT2D eigenvalue weighted by atomic mass is 10.2. The number of carboxylic acids is 1. The van der Waals surface area contributed by atoms with Gasteiger partial charge in [-0.15, -0.1) is 0 Å². The van der Waals surface area contributed by atoms with Crippen LogP contribution in [0.15, 0.2) is 34.2 Å². The van der Waals surface area contributed by atoms with Crippen LogP contribution in [0.25, 0.3) is 11.8 Å². The summed E-state index contributed by atoms with van der Waals surface area (Å²) < 4.78 is 1.96. The highest BCUT2D eigenvalue weighted by Crippen LogP contribution is 2.34. The van der Waals surface area contributed by atoms with E-state index in [9.17, 15) is 14.7 Å². The van der Waals surface area contributed by atoms with E-state index < -0.39 is 5.97 Å². The fraction of sp³-hybridized carbons (Fsp3) is 0.286. The van der Waals surface area contributed by atoms with E-state index in [0.717, 1.165) is 22.1 Å². The molecule has 0 unspecified atom stereocenters. The molecule has 0 atom stereocenters. The molecule has 1 aromatic heterocycles. The Labute approximate surface area is 178 Å². The molecule has 2 aromatic rings. The van der Waals surface area contributed by atoms with Crippen LogP contribution in [0.2, 0.25) is 5.02 Å². The van der Waals surface area contributed by atoms with Gasteiger partial charge >= 0.3 is 5.97 Å². The first kappa shape index (κ1) is 21.2. The zero-order valence-corrected chi connectivity index (χ0v) is 18.3. The fourth-order valence-electron chi connectivity index (χ4n) is 3.33. The van der Waals surface area contributed by atoms with E-state index in [-0.39, 0.29) is 16.5 Å². The molecule has 6 nitrogen and oxygen atoms in total. The van der Waals surface area contributed by atoms with E-state index >= 15 is 0 Å². The van der Waals surface area contributed by atoms with E-state index in [0.29, 0.717) is 23.7 Å². The molecule has 1 amide bonds. The molecule has 0 saturated carbocycles. The van der Waals surface area contributed by atoms with Crippen molar-refractivity contribution in [1.29, 1.82) is 0 Å². The molecule has 1 aliphatic heterocycles. The lowest BCUT2D eigenvalue weighted by molar-refractivity contribution is -0.122. The van der Waals surface area contributed by atoms with Gasteiger partial charge in [0.1, 0.15) is 0 Å². The average Bonchev–Trinajstić information content (AvgIpc) is 3.12. The third kappa shape index (κ3) is 3.97. The van der Waals surface area contributed by atoms with Crippen LogP contribution in [-0.4, -0.2) is 44.7 Å². The number of likely N-dealkylation sites (N-methyl/N-ethyl adjacent to an activating group) is 1. The van der Waals surface area contributed by atoms with Crippen molar-refractivity contribution in [3.8, 4) is 5.69 Å². The third-order valence-corrected chi connectivity index (χ3v) is 6.07. The van der Waals surface area contributed by atoms with E-state index in [1.165, 1.54) is 11.8 Å². The minimum absolute atomic E-state index is 0.0471. The van der Waals surface area contributed by atoms with Gasteiger partial charge in [-0.2, -0.15) is 0 Å². The molecule has 2 heterocycles. The molecule has 1 aliphatic rings. The van der Waals surface area contributed by atoms with Crippen molar-refractivity contribution in [2.45, 2.75) is 27.7 Å². The Morgan fingerprint density at radius 2 is 2.00 bits per heavy atom. The molecule has 1 saturated heterocycles. The van der Waals surface area contributed by atoms with Crippen LogP contribution >= 0.6 is 23.4 Å². The lowest BCUT2D eigenvalue weighted by Gasteiger charge is -2.11. The lowest BCUT2D eigenvalue weighted by Crippen LogP contribution is -2.28. The number of halogens is 1. The summed E-state index contributed by atoms with van der Waals surface area (Å²) in [5.41, 5.74) is 3.50. The first-order chi connectivity index (χ1) is 13.8. The number of carbonyl (C=O) groups excluding carboxylic acids is 1. The number of aliphatic imine (C=N–C) groups is 1. The Bertz CT molecular complexity index is 1060. The molecule has 1 fully saturated rings. The number of thioether (sulfide) groups is 1. The van der Waals surface area contributed by atoms with Gasteiger partial charge in [0, 0.05) is 30.2 Å². The minimum Gasteiger partial charge on any atom is -0.478 e. The number of amides is 1. The number of hydrogen-bond donors (Lipinski definition) is 1. The summed E-state index contributed by atoms with van der Waals surface area (Å²) in [6.07, 6.45) is 1.88.